The SMILES string of the molecule is NC1(CCC(F)C2CC2)CC1. The predicted octanol–water partition coefficient (Wildman–Crippen LogP) is 2.01. The Morgan fingerprint density at radius 2 is 2.09 bits per heavy atom. The first-order chi connectivity index (χ1) is 5.20. The zero-order valence-electron chi connectivity index (χ0n) is 6.85. The van der Waals surface area contributed by atoms with Gasteiger partial charge in [0.15, 0.2) is 0 Å². The predicted molar refractivity (Wildman–Crippen MR) is 43.0 cm³/mol. The van der Waals surface area contributed by atoms with Gasteiger partial charge in [-0.15, -0.1) is 0 Å². The van der Waals surface area contributed by atoms with Gasteiger partial charge in [-0.2, -0.15) is 0 Å². The van der Waals surface area contributed by atoms with E-state index in [1.807, 2.05) is 0 Å². The molecule has 0 aromatic heterocycles. The fraction of sp³-hybridized carbons (Fsp3) is 1.00. The Kier molecular flexibility index (Phi) is 1.67. The molecule has 0 saturated heterocycles. The van der Waals surface area contributed by atoms with Crippen LogP contribution in [0.2, 0.25) is 0 Å². The first kappa shape index (κ1) is 7.53. The van der Waals surface area contributed by atoms with Gasteiger partial charge >= 0.3 is 0 Å². The van der Waals surface area contributed by atoms with Gasteiger partial charge in [-0.1, -0.05) is 0 Å². The van der Waals surface area contributed by atoms with E-state index in [0.29, 0.717) is 12.3 Å². The molecule has 0 amide bonds. The smallest absolute Gasteiger partial charge is 0.103 e. The van der Waals surface area contributed by atoms with Gasteiger partial charge in [0.2, 0.25) is 0 Å². The zero-order valence-corrected chi connectivity index (χ0v) is 6.85. The molecule has 0 bridgehead atoms. The van der Waals surface area contributed by atoms with E-state index < -0.39 is 6.17 Å². The van der Waals surface area contributed by atoms with Gasteiger partial charge in [0, 0.05) is 5.54 Å². The van der Waals surface area contributed by atoms with Crippen LogP contribution in [0.5, 0.6) is 0 Å². The summed E-state index contributed by atoms with van der Waals surface area (Å²) < 4.78 is 13.1. The molecule has 0 aromatic rings. The van der Waals surface area contributed by atoms with Gasteiger partial charge in [0.25, 0.3) is 0 Å². The van der Waals surface area contributed by atoms with Crippen molar-refractivity contribution in [2.45, 2.75) is 50.2 Å². The van der Waals surface area contributed by atoms with Crippen LogP contribution in [-0.4, -0.2) is 11.7 Å². The first-order valence-corrected chi connectivity index (χ1v) is 4.63. The summed E-state index contributed by atoms with van der Waals surface area (Å²) in [4.78, 5) is 0. The Bertz CT molecular complexity index is 150. The lowest BCUT2D eigenvalue weighted by Gasteiger charge is -2.10. The summed E-state index contributed by atoms with van der Waals surface area (Å²) in [5.41, 5.74) is 5.90. The van der Waals surface area contributed by atoms with Crippen LogP contribution in [0, 0.1) is 5.92 Å². The molecule has 2 fully saturated rings. The maximum atomic E-state index is 13.1. The van der Waals surface area contributed by atoms with Crippen LogP contribution in [-0.2, 0) is 0 Å². The lowest BCUT2D eigenvalue weighted by atomic mass is 10.1. The molecule has 0 spiro atoms. The molecular weight excluding hydrogens is 141 g/mol. The Morgan fingerprint density at radius 1 is 1.45 bits per heavy atom. The second-order valence-corrected chi connectivity index (χ2v) is 4.25. The second kappa shape index (κ2) is 2.44. The van der Waals surface area contributed by atoms with Gasteiger partial charge in [-0.05, 0) is 44.4 Å². The van der Waals surface area contributed by atoms with E-state index in [9.17, 15) is 4.39 Å². The molecule has 11 heavy (non-hydrogen) atoms. The molecule has 2 rings (SSSR count). The Morgan fingerprint density at radius 3 is 2.55 bits per heavy atom. The summed E-state index contributed by atoms with van der Waals surface area (Å²) in [5.74, 6) is 0.400. The molecule has 2 saturated carbocycles. The second-order valence-electron chi connectivity index (χ2n) is 4.25. The topological polar surface area (TPSA) is 26.0 Å². The number of hydrogen-bond donors (Lipinski definition) is 1. The summed E-state index contributed by atoms with van der Waals surface area (Å²) in [7, 11) is 0. The highest BCUT2D eigenvalue weighted by atomic mass is 19.1. The fourth-order valence-electron chi connectivity index (χ4n) is 1.53. The Labute approximate surface area is 67.2 Å². The van der Waals surface area contributed by atoms with Crippen LogP contribution in [0.15, 0.2) is 0 Å². The standard InChI is InChI=1S/C9H16FN/c10-8(7-1-2-7)3-4-9(11)5-6-9/h7-8H,1-6,11H2. The van der Waals surface area contributed by atoms with Crippen molar-refractivity contribution in [3.8, 4) is 0 Å². The van der Waals surface area contributed by atoms with Gasteiger partial charge in [-0.3, -0.25) is 0 Å². The van der Waals surface area contributed by atoms with E-state index in [2.05, 4.69) is 0 Å². The van der Waals surface area contributed by atoms with Gasteiger partial charge in [-0.25, -0.2) is 4.39 Å². The van der Waals surface area contributed by atoms with Crippen molar-refractivity contribution in [1.29, 1.82) is 0 Å². The van der Waals surface area contributed by atoms with Crippen molar-refractivity contribution in [2.75, 3.05) is 0 Å². The molecule has 2 heteroatoms. The molecular formula is C9H16FN. The van der Waals surface area contributed by atoms with E-state index in [1.54, 1.807) is 0 Å². The van der Waals surface area contributed by atoms with Crippen molar-refractivity contribution in [3.05, 3.63) is 0 Å². The van der Waals surface area contributed by atoms with Crippen molar-refractivity contribution < 1.29 is 4.39 Å². The number of rotatable bonds is 4. The summed E-state index contributed by atoms with van der Waals surface area (Å²) in [6, 6.07) is 0. The third-order valence-electron chi connectivity index (χ3n) is 2.94. The minimum Gasteiger partial charge on any atom is -0.325 e. The Hall–Kier alpha value is -0.110. The van der Waals surface area contributed by atoms with E-state index in [4.69, 9.17) is 5.73 Å². The first-order valence-electron chi connectivity index (χ1n) is 4.63. The maximum absolute atomic E-state index is 13.1. The van der Waals surface area contributed by atoms with Gasteiger partial charge in [0.1, 0.15) is 6.17 Å². The van der Waals surface area contributed by atoms with E-state index >= 15 is 0 Å². The third-order valence-corrected chi connectivity index (χ3v) is 2.94. The highest BCUT2D eigenvalue weighted by molar-refractivity contribution is 4.99. The van der Waals surface area contributed by atoms with E-state index in [-0.39, 0.29) is 5.54 Å². The average molecular weight is 157 g/mol. The zero-order chi connectivity index (χ0) is 7.90. The molecule has 0 heterocycles. The molecule has 0 radical (unpaired) electrons. The van der Waals surface area contributed by atoms with E-state index in [1.165, 1.54) is 0 Å². The van der Waals surface area contributed by atoms with Crippen LogP contribution in [0.4, 0.5) is 4.39 Å². The van der Waals surface area contributed by atoms with Crippen molar-refractivity contribution >= 4 is 0 Å². The van der Waals surface area contributed by atoms with Crippen molar-refractivity contribution in [3.63, 3.8) is 0 Å². The lowest BCUT2D eigenvalue weighted by Crippen LogP contribution is -2.23. The molecule has 1 unspecified atom stereocenters. The number of halogens is 1. The largest absolute Gasteiger partial charge is 0.325 e. The quantitative estimate of drug-likeness (QED) is 0.663. The van der Waals surface area contributed by atoms with E-state index in [0.717, 1.165) is 32.1 Å². The van der Waals surface area contributed by atoms with Gasteiger partial charge < -0.3 is 5.73 Å². The third kappa shape index (κ3) is 1.92. The minimum atomic E-state index is -0.545. The average Bonchev–Trinajstić information content (AvgIpc) is 2.76. The highest BCUT2D eigenvalue weighted by Crippen LogP contribution is 2.41. The normalized spacial score (nSPS) is 30.0. The molecule has 1 atom stereocenters. The number of alkyl halides is 1. The minimum absolute atomic E-state index is 0.0548. The summed E-state index contributed by atoms with van der Waals surface area (Å²) in [6.45, 7) is 0. The summed E-state index contributed by atoms with van der Waals surface area (Å²) in [5, 5.41) is 0. The Balaban J connectivity index is 1.65. The van der Waals surface area contributed by atoms with Crippen LogP contribution in [0.25, 0.3) is 0 Å². The lowest BCUT2D eigenvalue weighted by molar-refractivity contribution is 0.265. The molecule has 64 valence electrons. The van der Waals surface area contributed by atoms with Crippen LogP contribution >= 0.6 is 0 Å². The molecule has 0 aliphatic heterocycles. The summed E-state index contributed by atoms with van der Waals surface area (Å²) >= 11 is 0. The molecule has 2 N–H and O–H groups in total. The van der Waals surface area contributed by atoms with Crippen molar-refractivity contribution in [1.82, 2.24) is 0 Å². The number of nitrogens with two attached hydrogens (primary N) is 1. The highest BCUT2D eigenvalue weighted by Gasteiger charge is 2.40. The van der Waals surface area contributed by atoms with Gasteiger partial charge in [0.05, 0.1) is 0 Å². The molecule has 2 aliphatic rings. The van der Waals surface area contributed by atoms with Crippen LogP contribution in [0.1, 0.15) is 38.5 Å². The fourth-order valence-corrected chi connectivity index (χ4v) is 1.53. The molecule has 1 nitrogen and oxygen atoms in total. The number of hydrogen-bond acceptors (Lipinski definition) is 1. The monoisotopic (exact) mass is 157 g/mol. The molecule has 2 aliphatic carbocycles. The maximum Gasteiger partial charge on any atom is 0.103 e. The molecule has 0 aromatic carbocycles. The van der Waals surface area contributed by atoms with Crippen molar-refractivity contribution in [2.24, 2.45) is 11.7 Å². The summed E-state index contributed by atoms with van der Waals surface area (Å²) in [6.07, 6.45) is 5.52. The van der Waals surface area contributed by atoms with Crippen LogP contribution < -0.4 is 5.73 Å². The van der Waals surface area contributed by atoms with Crippen LogP contribution in [0.3, 0.4) is 0 Å².